The average Bonchev–Trinajstić information content (AvgIpc) is 3.23. The molecule has 0 radical (unpaired) electrons. The Balaban J connectivity index is 1.26. The molecule has 1 aliphatic heterocycles. The van der Waals surface area contributed by atoms with Crippen molar-refractivity contribution in [3.05, 3.63) is 63.7 Å². The van der Waals surface area contributed by atoms with Crippen LogP contribution in [-0.2, 0) is 6.42 Å². The van der Waals surface area contributed by atoms with Crippen LogP contribution in [0.15, 0.2) is 42.1 Å². The maximum absolute atomic E-state index is 12.3. The lowest BCUT2D eigenvalue weighted by Gasteiger charge is -2.27. The van der Waals surface area contributed by atoms with Crippen LogP contribution < -0.4 is 26.4 Å². The SMILES string of the molecule is O=C(NCCN1CCNCC1)NC1=CCc2c(ccc3c4c(ccc23)=CC=C4)=C1. The molecule has 3 aliphatic rings. The summed E-state index contributed by atoms with van der Waals surface area (Å²) in [5.74, 6) is 0. The Hall–Kier alpha value is -2.89. The number of allylic oxidation sites excluding steroid dienone is 3. The number of piperazine rings is 1. The summed E-state index contributed by atoms with van der Waals surface area (Å²) in [6, 6.07) is 8.65. The summed E-state index contributed by atoms with van der Waals surface area (Å²) < 4.78 is 0. The van der Waals surface area contributed by atoms with Crippen LogP contribution in [0.5, 0.6) is 0 Å². The van der Waals surface area contributed by atoms with Crippen LogP contribution in [0.3, 0.4) is 0 Å². The Kier molecular flexibility index (Phi) is 4.92. The van der Waals surface area contributed by atoms with Crippen molar-refractivity contribution >= 4 is 35.0 Å². The third-order valence-corrected chi connectivity index (χ3v) is 5.98. The second-order valence-corrected chi connectivity index (χ2v) is 7.80. The molecule has 2 amide bonds. The second kappa shape index (κ2) is 7.85. The third kappa shape index (κ3) is 3.71. The molecular weight excluding hydrogens is 360 g/mol. The predicted octanol–water partition coefficient (Wildman–Crippen LogP) is 1.07. The van der Waals surface area contributed by atoms with Gasteiger partial charge in [0.25, 0.3) is 0 Å². The number of hydrogen-bond acceptors (Lipinski definition) is 3. The molecule has 0 unspecified atom stereocenters. The van der Waals surface area contributed by atoms with Crippen molar-refractivity contribution in [1.82, 2.24) is 20.9 Å². The number of hydrogen-bond donors (Lipinski definition) is 3. The minimum atomic E-state index is -0.134. The number of carbonyl (C=O) groups is 1. The van der Waals surface area contributed by atoms with E-state index in [0.717, 1.165) is 44.8 Å². The number of benzene rings is 2. The van der Waals surface area contributed by atoms with E-state index in [1.165, 1.54) is 32.3 Å². The lowest BCUT2D eigenvalue weighted by Crippen LogP contribution is -2.47. The van der Waals surface area contributed by atoms with Gasteiger partial charge in [0.05, 0.1) is 0 Å². The predicted molar refractivity (Wildman–Crippen MR) is 119 cm³/mol. The van der Waals surface area contributed by atoms with E-state index in [1.54, 1.807) is 0 Å². The summed E-state index contributed by atoms with van der Waals surface area (Å²) in [6.45, 7) is 5.70. The van der Waals surface area contributed by atoms with Crippen LogP contribution >= 0.6 is 0 Å². The summed E-state index contributed by atoms with van der Waals surface area (Å²) in [4.78, 5) is 14.6. The first kappa shape index (κ1) is 18.2. The summed E-state index contributed by atoms with van der Waals surface area (Å²) in [5.41, 5.74) is 3.50. The summed E-state index contributed by atoms with van der Waals surface area (Å²) in [7, 11) is 0. The topological polar surface area (TPSA) is 56.4 Å². The van der Waals surface area contributed by atoms with Gasteiger partial charge in [-0.05, 0) is 44.8 Å². The highest BCUT2D eigenvalue weighted by atomic mass is 16.2. The highest BCUT2D eigenvalue weighted by Gasteiger charge is 2.13. The molecule has 148 valence electrons. The van der Waals surface area contributed by atoms with Gasteiger partial charge in [-0.15, -0.1) is 0 Å². The first-order valence-corrected chi connectivity index (χ1v) is 10.4. The van der Waals surface area contributed by atoms with Gasteiger partial charge in [-0.1, -0.05) is 48.6 Å². The van der Waals surface area contributed by atoms with Crippen molar-refractivity contribution in [1.29, 1.82) is 0 Å². The maximum Gasteiger partial charge on any atom is 0.319 e. The zero-order valence-electron chi connectivity index (χ0n) is 16.5. The van der Waals surface area contributed by atoms with E-state index in [0.29, 0.717) is 6.54 Å². The lowest BCUT2D eigenvalue weighted by molar-refractivity contribution is 0.228. The van der Waals surface area contributed by atoms with Gasteiger partial charge >= 0.3 is 6.03 Å². The molecule has 2 aromatic rings. The molecule has 3 N–H and O–H groups in total. The fraction of sp³-hybridized carbons (Fsp3) is 0.292. The number of urea groups is 1. The number of nitrogens with zero attached hydrogens (tertiary/aromatic N) is 1. The Morgan fingerprint density at radius 1 is 1.07 bits per heavy atom. The minimum absolute atomic E-state index is 0.134. The van der Waals surface area contributed by atoms with Gasteiger partial charge in [0.2, 0.25) is 0 Å². The van der Waals surface area contributed by atoms with Crippen molar-refractivity contribution < 1.29 is 4.79 Å². The molecule has 1 fully saturated rings. The quantitative estimate of drug-likeness (QED) is 0.737. The molecule has 0 atom stereocenters. The Labute approximate surface area is 170 Å². The molecule has 0 spiro atoms. The third-order valence-electron chi connectivity index (χ3n) is 5.98. The first-order chi connectivity index (χ1) is 14.3. The van der Waals surface area contributed by atoms with E-state index in [1.807, 2.05) is 0 Å². The van der Waals surface area contributed by atoms with Crippen molar-refractivity contribution in [3.8, 4) is 0 Å². The Morgan fingerprint density at radius 3 is 2.79 bits per heavy atom. The van der Waals surface area contributed by atoms with Gasteiger partial charge in [0, 0.05) is 45.0 Å². The van der Waals surface area contributed by atoms with Gasteiger partial charge in [0.1, 0.15) is 0 Å². The van der Waals surface area contributed by atoms with Crippen LogP contribution in [0.4, 0.5) is 4.79 Å². The van der Waals surface area contributed by atoms with Crippen LogP contribution in [0.1, 0.15) is 11.1 Å². The molecule has 1 heterocycles. The Bertz CT molecular complexity index is 1140. The molecule has 2 aliphatic carbocycles. The smallest absolute Gasteiger partial charge is 0.319 e. The highest BCUT2D eigenvalue weighted by Crippen LogP contribution is 2.22. The van der Waals surface area contributed by atoms with Crippen molar-refractivity contribution in [3.63, 3.8) is 0 Å². The molecule has 1 saturated heterocycles. The van der Waals surface area contributed by atoms with E-state index in [-0.39, 0.29) is 6.03 Å². The van der Waals surface area contributed by atoms with E-state index >= 15 is 0 Å². The van der Waals surface area contributed by atoms with Gasteiger partial charge in [-0.3, -0.25) is 4.90 Å². The molecule has 5 heteroatoms. The van der Waals surface area contributed by atoms with E-state index in [2.05, 4.69) is 75.5 Å². The van der Waals surface area contributed by atoms with Gasteiger partial charge in [0.15, 0.2) is 0 Å². The van der Waals surface area contributed by atoms with Crippen LogP contribution in [0.2, 0.25) is 0 Å². The summed E-state index contributed by atoms with van der Waals surface area (Å²) >= 11 is 0. The molecule has 5 nitrogen and oxygen atoms in total. The maximum atomic E-state index is 12.3. The fourth-order valence-corrected chi connectivity index (χ4v) is 4.43. The monoisotopic (exact) mass is 386 g/mol. The van der Waals surface area contributed by atoms with E-state index in [9.17, 15) is 4.79 Å². The van der Waals surface area contributed by atoms with Crippen molar-refractivity contribution in [2.75, 3.05) is 39.3 Å². The molecule has 5 rings (SSSR count). The van der Waals surface area contributed by atoms with Crippen LogP contribution in [0, 0.1) is 0 Å². The molecular formula is C24H26N4O. The summed E-state index contributed by atoms with van der Waals surface area (Å²) in [6.07, 6.45) is 11.5. The van der Waals surface area contributed by atoms with Crippen molar-refractivity contribution in [2.45, 2.75) is 6.42 Å². The first-order valence-electron chi connectivity index (χ1n) is 10.4. The zero-order valence-corrected chi connectivity index (χ0v) is 16.5. The number of nitrogens with one attached hydrogen (secondary N) is 3. The summed E-state index contributed by atoms with van der Waals surface area (Å²) in [5, 5.41) is 14.4. The lowest BCUT2D eigenvalue weighted by atomic mass is 9.93. The average molecular weight is 386 g/mol. The molecule has 0 aromatic heterocycles. The number of fused-ring (bicyclic) bond motifs is 5. The van der Waals surface area contributed by atoms with E-state index < -0.39 is 0 Å². The largest absolute Gasteiger partial charge is 0.337 e. The minimum Gasteiger partial charge on any atom is -0.337 e. The normalized spacial score (nSPS) is 17.7. The molecule has 2 aromatic carbocycles. The highest BCUT2D eigenvalue weighted by molar-refractivity contribution is 5.96. The van der Waals surface area contributed by atoms with Gasteiger partial charge in [-0.25, -0.2) is 4.79 Å². The molecule has 29 heavy (non-hydrogen) atoms. The van der Waals surface area contributed by atoms with Crippen LogP contribution in [-0.4, -0.2) is 50.2 Å². The van der Waals surface area contributed by atoms with Gasteiger partial charge < -0.3 is 16.0 Å². The second-order valence-electron chi connectivity index (χ2n) is 7.80. The fourth-order valence-electron chi connectivity index (χ4n) is 4.43. The van der Waals surface area contributed by atoms with Gasteiger partial charge in [-0.2, -0.15) is 0 Å². The zero-order chi connectivity index (χ0) is 19.6. The molecule has 0 saturated carbocycles. The van der Waals surface area contributed by atoms with Crippen LogP contribution in [0.25, 0.3) is 29.0 Å². The number of rotatable bonds is 4. The number of amides is 2. The molecule has 0 bridgehead atoms. The number of carbonyl (C=O) groups excluding carboxylic acids is 1. The van der Waals surface area contributed by atoms with E-state index in [4.69, 9.17) is 0 Å². The van der Waals surface area contributed by atoms with Crippen molar-refractivity contribution in [2.24, 2.45) is 0 Å². The standard InChI is InChI=1S/C24H26N4O/c29-24(26-12-15-28-13-10-25-11-14-28)27-19-6-9-21-18(16-19)5-8-22-20-3-1-2-17(20)4-7-23(21)22/h1-8,16,25H,9-15H2,(H2,26,27,29). The Morgan fingerprint density at radius 2 is 1.90 bits per heavy atom.